The Morgan fingerprint density at radius 2 is 1.63 bits per heavy atom. The average Bonchev–Trinajstić information content (AvgIpc) is 2.67. The van der Waals surface area contributed by atoms with Gasteiger partial charge in [0.1, 0.15) is 17.2 Å². The third kappa shape index (κ3) is 6.22. The predicted molar refractivity (Wildman–Crippen MR) is 99.5 cm³/mol. The number of carboxylic acids is 1. The quantitative estimate of drug-likeness (QED) is 0.662. The van der Waals surface area contributed by atoms with E-state index in [4.69, 9.17) is 19.3 Å². The maximum Gasteiger partial charge on any atom is 0.341 e. The Labute approximate surface area is 157 Å². The summed E-state index contributed by atoms with van der Waals surface area (Å²) in [5.41, 5.74) is 1.72. The van der Waals surface area contributed by atoms with E-state index in [0.717, 1.165) is 5.56 Å². The van der Waals surface area contributed by atoms with Crippen molar-refractivity contribution < 1.29 is 28.9 Å². The zero-order valence-electron chi connectivity index (χ0n) is 15.4. The lowest BCUT2D eigenvalue weighted by atomic mass is 10.1. The molecule has 27 heavy (non-hydrogen) atoms. The van der Waals surface area contributed by atoms with Crippen LogP contribution in [0.2, 0.25) is 0 Å². The summed E-state index contributed by atoms with van der Waals surface area (Å²) in [6.07, 6.45) is 0.809. The highest BCUT2D eigenvalue weighted by atomic mass is 16.5. The van der Waals surface area contributed by atoms with E-state index in [0.29, 0.717) is 35.8 Å². The van der Waals surface area contributed by atoms with Gasteiger partial charge in [-0.15, -0.1) is 0 Å². The average molecular weight is 373 g/mol. The van der Waals surface area contributed by atoms with Crippen molar-refractivity contribution in [3.8, 4) is 17.2 Å². The van der Waals surface area contributed by atoms with E-state index < -0.39 is 5.97 Å². The van der Waals surface area contributed by atoms with Crippen LogP contribution in [0.3, 0.4) is 0 Å². The minimum Gasteiger partial charge on any atom is -0.496 e. The maximum absolute atomic E-state index is 12.2. The Morgan fingerprint density at radius 1 is 1.00 bits per heavy atom. The highest BCUT2D eigenvalue weighted by Crippen LogP contribution is 2.28. The van der Waals surface area contributed by atoms with Crippen LogP contribution in [0.15, 0.2) is 42.5 Å². The van der Waals surface area contributed by atoms with Crippen molar-refractivity contribution in [2.45, 2.75) is 12.8 Å². The fourth-order valence-electron chi connectivity index (χ4n) is 2.57. The number of ether oxygens (including phenoxy) is 3. The van der Waals surface area contributed by atoms with Crippen LogP contribution in [0.1, 0.15) is 11.1 Å². The Hall–Kier alpha value is -3.22. The van der Waals surface area contributed by atoms with E-state index >= 15 is 0 Å². The number of methoxy groups -OCH3 is 2. The largest absolute Gasteiger partial charge is 0.496 e. The van der Waals surface area contributed by atoms with Crippen LogP contribution < -0.4 is 19.5 Å². The lowest BCUT2D eigenvalue weighted by molar-refractivity contribution is -0.139. The van der Waals surface area contributed by atoms with Crippen LogP contribution in [-0.4, -0.2) is 44.4 Å². The van der Waals surface area contributed by atoms with E-state index in [1.807, 2.05) is 18.2 Å². The lowest BCUT2D eigenvalue weighted by Crippen LogP contribution is -2.27. The molecule has 7 heteroatoms. The number of carbonyl (C=O) groups excluding carboxylic acids is 1. The second kappa shape index (κ2) is 10.1. The number of carboxylic acid groups (broad SMARTS) is 1. The lowest BCUT2D eigenvalue weighted by Gasteiger charge is -2.13. The van der Waals surface area contributed by atoms with Gasteiger partial charge >= 0.3 is 5.97 Å². The van der Waals surface area contributed by atoms with Gasteiger partial charge in [-0.25, -0.2) is 4.79 Å². The summed E-state index contributed by atoms with van der Waals surface area (Å²) in [5, 5.41) is 11.5. The van der Waals surface area contributed by atoms with Gasteiger partial charge in [0, 0.05) is 12.1 Å². The second-order valence-corrected chi connectivity index (χ2v) is 5.74. The molecule has 0 fully saturated rings. The summed E-state index contributed by atoms with van der Waals surface area (Å²) < 4.78 is 15.7. The van der Waals surface area contributed by atoms with Crippen molar-refractivity contribution in [2.75, 3.05) is 27.4 Å². The molecule has 0 aliphatic heterocycles. The molecule has 0 spiro atoms. The van der Waals surface area contributed by atoms with E-state index in [1.54, 1.807) is 38.5 Å². The first-order valence-electron chi connectivity index (χ1n) is 8.43. The standard InChI is InChI=1S/C20H23NO6/c1-25-17-4-3-5-18(26-2)16(17)12-19(22)21-11-10-14-6-8-15(9-7-14)27-13-20(23)24/h3-9H,10-13H2,1-2H3,(H,21,22)(H,23,24). The van der Waals surface area contributed by atoms with Crippen molar-refractivity contribution in [3.63, 3.8) is 0 Å². The zero-order valence-corrected chi connectivity index (χ0v) is 15.4. The number of carbonyl (C=O) groups is 2. The molecular weight excluding hydrogens is 350 g/mol. The Morgan fingerprint density at radius 3 is 2.19 bits per heavy atom. The first-order valence-corrected chi connectivity index (χ1v) is 8.43. The van der Waals surface area contributed by atoms with Gasteiger partial charge in [-0.1, -0.05) is 18.2 Å². The highest BCUT2D eigenvalue weighted by Gasteiger charge is 2.13. The first-order chi connectivity index (χ1) is 13.0. The van der Waals surface area contributed by atoms with Gasteiger partial charge in [0.15, 0.2) is 6.61 Å². The van der Waals surface area contributed by atoms with E-state index in [2.05, 4.69) is 5.32 Å². The van der Waals surface area contributed by atoms with Crippen LogP contribution in [-0.2, 0) is 22.4 Å². The highest BCUT2D eigenvalue weighted by molar-refractivity contribution is 5.80. The topological polar surface area (TPSA) is 94.1 Å². The summed E-state index contributed by atoms with van der Waals surface area (Å²) in [6, 6.07) is 12.5. The second-order valence-electron chi connectivity index (χ2n) is 5.74. The van der Waals surface area contributed by atoms with Crippen molar-refractivity contribution in [3.05, 3.63) is 53.6 Å². The van der Waals surface area contributed by atoms with E-state index in [9.17, 15) is 9.59 Å². The van der Waals surface area contributed by atoms with Crippen molar-refractivity contribution in [1.82, 2.24) is 5.32 Å². The third-order valence-electron chi connectivity index (χ3n) is 3.89. The van der Waals surface area contributed by atoms with Crippen molar-refractivity contribution >= 4 is 11.9 Å². The number of benzene rings is 2. The van der Waals surface area contributed by atoms with Gasteiger partial charge in [0.2, 0.25) is 5.91 Å². The molecule has 0 atom stereocenters. The number of amides is 1. The molecule has 2 aromatic rings. The molecule has 7 nitrogen and oxygen atoms in total. The molecule has 2 aromatic carbocycles. The molecule has 0 saturated heterocycles. The van der Waals surface area contributed by atoms with Gasteiger partial charge in [-0.05, 0) is 36.2 Å². The molecule has 0 bridgehead atoms. The molecule has 0 unspecified atom stereocenters. The molecule has 1 amide bonds. The summed E-state index contributed by atoms with van der Waals surface area (Å²) in [5.74, 6) is 0.573. The normalized spacial score (nSPS) is 10.1. The Kier molecular flexibility index (Phi) is 7.49. The number of nitrogens with one attached hydrogen (secondary N) is 1. The molecule has 0 radical (unpaired) electrons. The van der Waals surface area contributed by atoms with Crippen molar-refractivity contribution in [2.24, 2.45) is 0 Å². The summed E-state index contributed by atoms with van der Waals surface area (Å²) >= 11 is 0. The summed E-state index contributed by atoms with van der Waals surface area (Å²) in [4.78, 5) is 22.7. The molecule has 0 aliphatic rings. The van der Waals surface area contributed by atoms with Crippen LogP contribution in [0.25, 0.3) is 0 Å². The molecule has 0 saturated carbocycles. The van der Waals surface area contributed by atoms with Crippen LogP contribution in [0, 0.1) is 0 Å². The molecule has 2 rings (SSSR count). The fraction of sp³-hybridized carbons (Fsp3) is 0.300. The zero-order chi connectivity index (χ0) is 19.6. The third-order valence-corrected chi connectivity index (χ3v) is 3.89. The maximum atomic E-state index is 12.2. The molecule has 2 N–H and O–H groups in total. The molecule has 0 aromatic heterocycles. The Balaban J connectivity index is 1.84. The van der Waals surface area contributed by atoms with Crippen LogP contribution in [0.4, 0.5) is 0 Å². The first kappa shape index (κ1) is 20.1. The van der Waals surface area contributed by atoms with Gasteiger partial charge < -0.3 is 24.6 Å². The van der Waals surface area contributed by atoms with Crippen LogP contribution >= 0.6 is 0 Å². The number of aliphatic carboxylic acids is 1. The van der Waals surface area contributed by atoms with Crippen LogP contribution in [0.5, 0.6) is 17.2 Å². The van der Waals surface area contributed by atoms with Gasteiger partial charge in [-0.3, -0.25) is 4.79 Å². The van der Waals surface area contributed by atoms with E-state index in [-0.39, 0.29) is 18.9 Å². The summed E-state index contributed by atoms with van der Waals surface area (Å²) in [6.45, 7) is 0.105. The molecular formula is C20H23NO6. The SMILES string of the molecule is COc1cccc(OC)c1CC(=O)NCCc1ccc(OCC(=O)O)cc1. The van der Waals surface area contributed by atoms with Gasteiger partial charge in [-0.2, -0.15) is 0 Å². The number of rotatable bonds is 10. The van der Waals surface area contributed by atoms with Crippen molar-refractivity contribution in [1.29, 1.82) is 0 Å². The molecule has 0 heterocycles. The minimum absolute atomic E-state index is 0.126. The minimum atomic E-state index is -1.02. The van der Waals surface area contributed by atoms with Gasteiger partial charge in [0.25, 0.3) is 0 Å². The van der Waals surface area contributed by atoms with Gasteiger partial charge in [0.05, 0.1) is 20.6 Å². The van der Waals surface area contributed by atoms with E-state index in [1.165, 1.54) is 0 Å². The molecule has 144 valence electrons. The smallest absolute Gasteiger partial charge is 0.341 e. The molecule has 0 aliphatic carbocycles. The summed E-state index contributed by atoms with van der Waals surface area (Å²) in [7, 11) is 3.11. The monoisotopic (exact) mass is 373 g/mol. The number of hydrogen-bond acceptors (Lipinski definition) is 5. The fourth-order valence-corrected chi connectivity index (χ4v) is 2.57. The predicted octanol–water partition coefficient (Wildman–Crippen LogP) is 2.07. The number of hydrogen-bond donors (Lipinski definition) is 2. The Bertz CT molecular complexity index is 750.